The van der Waals surface area contributed by atoms with Crippen molar-refractivity contribution >= 4 is 11.9 Å². The summed E-state index contributed by atoms with van der Waals surface area (Å²) in [5, 5.41) is 7.42. The Kier molecular flexibility index (Phi) is 7.86. The molecule has 0 atom stereocenters. The summed E-state index contributed by atoms with van der Waals surface area (Å²) in [6.07, 6.45) is 1.41. The Labute approximate surface area is 139 Å². The molecule has 0 bridgehead atoms. The third-order valence-electron chi connectivity index (χ3n) is 2.64. The van der Waals surface area contributed by atoms with Crippen LogP contribution in [0.2, 0.25) is 0 Å². The van der Waals surface area contributed by atoms with E-state index in [2.05, 4.69) is 14.7 Å². The van der Waals surface area contributed by atoms with Gasteiger partial charge in [-0.25, -0.2) is 14.8 Å². The van der Waals surface area contributed by atoms with Crippen LogP contribution in [0.5, 0.6) is 5.88 Å². The SMILES string of the molecule is CC(=O)O.COC(=O)c1cccc(COc2cc(CN)ncn2)c1. The molecule has 0 radical (unpaired) electrons. The molecule has 24 heavy (non-hydrogen) atoms. The zero-order chi connectivity index (χ0) is 17.9. The highest BCUT2D eigenvalue weighted by atomic mass is 16.5. The van der Waals surface area contributed by atoms with Gasteiger partial charge in [0.15, 0.2) is 0 Å². The Morgan fingerprint density at radius 3 is 2.58 bits per heavy atom. The second-order valence-corrected chi connectivity index (χ2v) is 4.55. The summed E-state index contributed by atoms with van der Waals surface area (Å²) in [5.41, 5.74) is 7.54. The van der Waals surface area contributed by atoms with Gasteiger partial charge in [-0.3, -0.25) is 4.79 Å². The van der Waals surface area contributed by atoms with E-state index in [0.717, 1.165) is 12.5 Å². The number of nitrogens with zero attached hydrogens (tertiary/aromatic N) is 2. The fraction of sp³-hybridized carbons (Fsp3) is 0.250. The summed E-state index contributed by atoms with van der Waals surface area (Å²) < 4.78 is 10.2. The number of carboxylic acid groups (broad SMARTS) is 1. The van der Waals surface area contributed by atoms with Crippen molar-refractivity contribution in [1.82, 2.24) is 9.97 Å². The van der Waals surface area contributed by atoms with Crippen molar-refractivity contribution in [3.05, 3.63) is 53.5 Å². The number of carboxylic acids is 1. The molecule has 128 valence electrons. The van der Waals surface area contributed by atoms with Gasteiger partial charge < -0.3 is 20.3 Å². The van der Waals surface area contributed by atoms with E-state index in [1.54, 1.807) is 24.3 Å². The zero-order valence-corrected chi connectivity index (χ0v) is 13.4. The Balaban J connectivity index is 0.000000648. The van der Waals surface area contributed by atoms with Crippen LogP contribution in [0.3, 0.4) is 0 Å². The molecule has 0 fully saturated rings. The highest BCUT2D eigenvalue weighted by molar-refractivity contribution is 5.89. The molecule has 0 aliphatic heterocycles. The summed E-state index contributed by atoms with van der Waals surface area (Å²) in [6, 6.07) is 8.72. The molecule has 1 heterocycles. The molecule has 1 aromatic heterocycles. The highest BCUT2D eigenvalue weighted by Crippen LogP contribution is 2.12. The van der Waals surface area contributed by atoms with E-state index in [9.17, 15) is 4.79 Å². The predicted octanol–water partition coefficient (Wildman–Crippen LogP) is 1.39. The minimum atomic E-state index is -0.833. The first-order valence-electron chi connectivity index (χ1n) is 6.96. The van der Waals surface area contributed by atoms with Crippen molar-refractivity contribution in [3.8, 4) is 5.88 Å². The number of rotatable bonds is 5. The van der Waals surface area contributed by atoms with Crippen LogP contribution < -0.4 is 10.5 Å². The number of aliphatic carboxylic acids is 1. The van der Waals surface area contributed by atoms with Crippen LogP contribution in [0.1, 0.15) is 28.5 Å². The van der Waals surface area contributed by atoms with Gasteiger partial charge >= 0.3 is 5.97 Å². The summed E-state index contributed by atoms with van der Waals surface area (Å²) in [4.78, 5) is 28.4. The second-order valence-electron chi connectivity index (χ2n) is 4.55. The maximum atomic E-state index is 11.4. The molecule has 1 aromatic carbocycles. The van der Waals surface area contributed by atoms with E-state index in [-0.39, 0.29) is 5.97 Å². The Hall–Kier alpha value is -3.00. The van der Waals surface area contributed by atoms with Gasteiger partial charge in [-0.1, -0.05) is 12.1 Å². The molecule has 3 N–H and O–H groups in total. The van der Waals surface area contributed by atoms with Crippen LogP contribution in [0.4, 0.5) is 0 Å². The van der Waals surface area contributed by atoms with Gasteiger partial charge in [0.25, 0.3) is 5.97 Å². The third-order valence-corrected chi connectivity index (χ3v) is 2.64. The molecular weight excluding hydrogens is 314 g/mol. The number of ether oxygens (including phenoxy) is 2. The molecule has 2 rings (SSSR count). The van der Waals surface area contributed by atoms with Crippen LogP contribution in [0, 0.1) is 0 Å². The molecule has 0 amide bonds. The number of hydrogen-bond acceptors (Lipinski definition) is 7. The molecule has 8 nitrogen and oxygen atoms in total. The van der Waals surface area contributed by atoms with E-state index in [1.807, 2.05) is 6.07 Å². The van der Waals surface area contributed by atoms with Gasteiger partial charge in [0, 0.05) is 19.5 Å². The summed E-state index contributed by atoms with van der Waals surface area (Å²) in [5.74, 6) is -0.761. The number of esters is 1. The number of benzene rings is 1. The third kappa shape index (κ3) is 6.84. The standard InChI is InChI=1S/C14H15N3O3.C2H4O2/c1-19-14(18)11-4-2-3-10(5-11)8-20-13-6-12(7-15)16-9-17-13;1-2(3)4/h2-6,9H,7-8,15H2,1H3;1H3,(H,3,4). The van der Waals surface area contributed by atoms with E-state index in [4.69, 9.17) is 20.4 Å². The first-order chi connectivity index (χ1) is 11.5. The molecule has 0 unspecified atom stereocenters. The molecule has 2 aromatic rings. The Morgan fingerprint density at radius 2 is 1.96 bits per heavy atom. The van der Waals surface area contributed by atoms with E-state index in [1.165, 1.54) is 13.4 Å². The number of aromatic nitrogens is 2. The lowest BCUT2D eigenvalue weighted by molar-refractivity contribution is -0.134. The normalized spacial score (nSPS) is 9.46. The Bertz CT molecular complexity index is 687. The molecule has 0 spiro atoms. The molecule has 0 aliphatic carbocycles. The quantitative estimate of drug-likeness (QED) is 0.786. The molecule has 0 saturated heterocycles. The molecule has 0 saturated carbocycles. The number of carbonyl (C=O) groups is 2. The maximum Gasteiger partial charge on any atom is 0.337 e. The van der Waals surface area contributed by atoms with E-state index >= 15 is 0 Å². The first kappa shape index (κ1) is 19.0. The lowest BCUT2D eigenvalue weighted by Gasteiger charge is -2.07. The van der Waals surface area contributed by atoms with E-state index < -0.39 is 5.97 Å². The maximum absolute atomic E-state index is 11.4. The highest BCUT2D eigenvalue weighted by Gasteiger charge is 2.06. The summed E-state index contributed by atoms with van der Waals surface area (Å²) in [6.45, 7) is 1.71. The van der Waals surface area contributed by atoms with Gasteiger partial charge in [-0.15, -0.1) is 0 Å². The van der Waals surface area contributed by atoms with Crippen molar-refractivity contribution < 1.29 is 24.2 Å². The zero-order valence-electron chi connectivity index (χ0n) is 13.4. The first-order valence-corrected chi connectivity index (χ1v) is 6.96. The monoisotopic (exact) mass is 333 g/mol. The second kappa shape index (κ2) is 9.90. The lowest BCUT2D eigenvalue weighted by Crippen LogP contribution is -2.04. The van der Waals surface area contributed by atoms with Gasteiger partial charge in [0.1, 0.15) is 12.9 Å². The number of hydrogen-bond donors (Lipinski definition) is 2. The number of nitrogens with two attached hydrogens (primary N) is 1. The van der Waals surface area contributed by atoms with Crippen LogP contribution in [0.15, 0.2) is 36.7 Å². The van der Waals surface area contributed by atoms with Gasteiger partial charge in [-0.05, 0) is 17.7 Å². The lowest BCUT2D eigenvalue weighted by atomic mass is 10.1. The van der Waals surface area contributed by atoms with Crippen molar-refractivity contribution in [3.63, 3.8) is 0 Å². The molecule has 8 heteroatoms. The average Bonchev–Trinajstić information content (AvgIpc) is 2.59. The number of carbonyl (C=O) groups excluding carboxylic acids is 1. The largest absolute Gasteiger partial charge is 0.481 e. The smallest absolute Gasteiger partial charge is 0.337 e. The Morgan fingerprint density at radius 1 is 1.25 bits per heavy atom. The van der Waals surface area contributed by atoms with Gasteiger partial charge in [-0.2, -0.15) is 0 Å². The number of methoxy groups -OCH3 is 1. The minimum absolute atomic E-state index is 0.297. The van der Waals surface area contributed by atoms with Crippen molar-refractivity contribution in [2.45, 2.75) is 20.1 Å². The van der Waals surface area contributed by atoms with Crippen molar-refractivity contribution in [2.75, 3.05) is 7.11 Å². The van der Waals surface area contributed by atoms with Crippen molar-refractivity contribution in [2.24, 2.45) is 5.73 Å². The topological polar surface area (TPSA) is 125 Å². The van der Waals surface area contributed by atoms with Crippen LogP contribution in [-0.4, -0.2) is 34.1 Å². The average molecular weight is 333 g/mol. The predicted molar refractivity (Wildman–Crippen MR) is 85.3 cm³/mol. The van der Waals surface area contributed by atoms with Gasteiger partial charge in [0.05, 0.1) is 18.4 Å². The molecular formula is C16H19N3O5. The van der Waals surface area contributed by atoms with Crippen LogP contribution in [-0.2, 0) is 22.7 Å². The fourth-order valence-corrected chi connectivity index (χ4v) is 1.63. The van der Waals surface area contributed by atoms with Gasteiger partial charge in [0.2, 0.25) is 5.88 Å². The van der Waals surface area contributed by atoms with Crippen LogP contribution in [0.25, 0.3) is 0 Å². The fourth-order valence-electron chi connectivity index (χ4n) is 1.63. The van der Waals surface area contributed by atoms with Crippen LogP contribution >= 0.6 is 0 Å². The minimum Gasteiger partial charge on any atom is -0.481 e. The summed E-state index contributed by atoms with van der Waals surface area (Å²) >= 11 is 0. The molecule has 0 aliphatic rings. The summed E-state index contributed by atoms with van der Waals surface area (Å²) in [7, 11) is 1.35. The van der Waals surface area contributed by atoms with Crippen molar-refractivity contribution in [1.29, 1.82) is 0 Å². The van der Waals surface area contributed by atoms with E-state index in [0.29, 0.717) is 30.3 Å².